The third-order valence-corrected chi connectivity index (χ3v) is 2.56. The molecule has 13 heavy (non-hydrogen) atoms. The summed E-state index contributed by atoms with van der Waals surface area (Å²) in [4.78, 5) is 0. The smallest absolute Gasteiger partial charge is 0.261 e. The largest absolute Gasteiger partial charge is 0.396 e. The molecule has 0 radical (unpaired) electrons. The van der Waals surface area contributed by atoms with Crippen molar-refractivity contribution in [1.29, 1.82) is 0 Å². The summed E-state index contributed by atoms with van der Waals surface area (Å²) in [5.41, 5.74) is 0.617. The molecule has 0 saturated heterocycles. The molecule has 1 nitrogen and oxygen atoms in total. The van der Waals surface area contributed by atoms with Crippen LogP contribution in [0.2, 0.25) is 0 Å². The standard InChI is InChI=1S/C10H10F2O/c11-10(12)8(6-13)9(10)7-4-2-1-3-5-7/h1-5,8-9,13H,6H2/t8-,9+/m0/s1. The predicted molar refractivity (Wildman–Crippen MR) is 44.7 cm³/mol. The van der Waals surface area contributed by atoms with Gasteiger partial charge in [0.2, 0.25) is 0 Å². The number of alkyl halides is 2. The first-order chi connectivity index (χ1) is 6.18. The molecule has 1 saturated carbocycles. The predicted octanol–water partition coefficient (Wildman–Crippen LogP) is 2.03. The van der Waals surface area contributed by atoms with Crippen LogP contribution in [0, 0.1) is 5.92 Å². The average Bonchev–Trinajstić information content (AvgIpc) is 2.69. The highest BCUT2D eigenvalue weighted by Crippen LogP contribution is 2.61. The van der Waals surface area contributed by atoms with E-state index in [1.807, 2.05) is 0 Å². The van der Waals surface area contributed by atoms with Crippen LogP contribution < -0.4 is 0 Å². The molecule has 1 fully saturated rings. The third-order valence-electron chi connectivity index (χ3n) is 2.56. The molecule has 1 aliphatic rings. The second-order valence-corrected chi connectivity index (χ2v) is 3.35. The molecular formula is C10H10F2O. The summed E-state index contributed by atoms with van der Waals surface area (Å²) in [5.74, 6) is -4.37. The number of hydrogen-bond donors (Lipinski definition) is 1. The zero-order valence-corrected chi connectivity index (χ0v) is 6.95. The minimum Gasteiger partial charge on any atom is -0.396 e. The summed E-state index contributed by atoms with van der Waals surface area (Å²) >= 11 is 0. The van der Waals surface area contributed by atoms with Crippen LogP contribution in [0.15, 0.2) is 30.3 Å². The van der Waals surface area contributed by atoms with Crippen molar-refractivity contribution in [3.8, 4) is 0 Å². The Morgan fingerprint density at radius 1 is 1.23 bits per heavy atom. The maximum absolute atomic E-state index is 13.0. The number of halogens is 2. The van der Waals surface area contributed by atoms with Gasteiger partial charge in [0.1, 0.15) is 0 Å². The summed E-state index contributed by atoms with van der Waals surface area (Å²) in [6, 6.07) is 8.61. The highest BCUT2D eigenvalue weighted by molar-refractivity contribution is 5.32. The molecule has 1 aromatic carbocycles. The molecular weight excluding hydrogens is 174 g/mol. The van der Waals surface area contributed by atoms with E-state index in [0.29, 0.717) is 5.56 Å². The molecule has 0 bridgehead atoms. The van der Waals surface area contributed by atoms with Crippen LogP contribution in [0.5, 0.6) is 0 Å². The van der Waals surface area contributed by atoms with E-state index in [1.165, 1.54) is 0 Å². The Morgan fingerprint density at radius 3 is 2.31 bits per heavy atom. The number of rotatable bonds is 2. The quantitative estimate of drug-likeness (QED) is 0.745. The second kappa shape index (κ2) is 2.77. The van der Waals surface area contributed by atoms with Crippen molar-refractivity contribution in [2.75, 3.05) is 6.61 Å². The van der Waals surface area contributed by atoms with Crippen LogP contribution >= 0.6 is 0 Å². The summed E-state index contributed by atoms with van der Waals surface area (Å²) < 4.78 is 26.0. The molecule has 70 valence electrons. The fraction of sp³-hybridized carbons (Fsp3) is 0.400. The molecule has 1 N–H and O–H groups in total. The topological polar surface area (TPSA) is 20.2 Å². The Labute approximate surface area is 75.0 Å². The number of hydrogen-bond acceptors (Lipinski definition) is 1. The van der Waals surface area contributed by atoms with Crippen LogP contribution in [0.1, 0.15) is 11.5 Å². The van der Waals surface area contributed by atoms with E-state index in [1.54, 1.807) is 30.3 Å². The summed E-state index contributed by atoms with van der Waals surface area (Å²) in [7, 11) is 0. The second-order valence-electron chi connectivity index (χ2n) is 3.35. The van der Waals surface area contributed by atoms with Gasteiger partial charge in [-0.1, -0.05) is 30.3 Å². The van der Waals surface area contributed by atoms with Crippen molar-refractivity contribution < 1.29 is 13.9 Å². The normalized spacial score (nSPS) is 30.1. The first-order valence-corrected chi connectivity index (χ1v) is 4.21. The minimum atomic E-state index is -2.71. The van der Waals surface area contributed by atoms with Crippen LogP contribution in [0.25, 0.3) is 0 Å². The maximum Gasteiger partial charge on any atom is 0.261 e. The van der Waals surface area contributed by atoms with E-state index in [2.05, 4.69) is 0 Å². The molecule has 2 atom stereocenters. The Kier molecular flexibility index (Phi) is 1.84. The van der Waals surface area contributed by atoms with E-state index in [-0.39, 0.29) is 0 Å². The Bertz CT molecular complexity index is 297. The first kappa shape index (κ1) is 8.63. The third kappa shape index (κ3) is 1.23. The lowest BCUT2D eigenvalue weighted by molar-refractivity contribution is 0.0785. The van der Waals surface area contributed by atoms with Crippen molar-refractivity contribution in [2.45, 2.75) is 11.8 Å². The molecule has 0 heterocycles. The summed E-state index contributed by atoms with van der Waals surface area (Å²) in [6.07, 6.45) is 0. The lowest BCUT2D eigenvalue weighted by Gasteiger charge is -1.96. The van der Waals surface area contributed by atoms with E-state index < -0.39 is 24.4 Å². The van der Waals surface area contributed by atoms with E-state index in [9.17, 15) is 8.78 Å². The SMILES string of the molecule is OC[C@H]1[C@@H](c2ccccc2)C1(F)F. The van der Waals surface area contributed by atoms with Gasteiger partial charge in [0.15, 0.2) is 0 Å². The van der Waals surface area contributed by atoms with Crippen LogP contribution in [0.4, 0.5) is 8.78 Å². The fourth-order valence-electron chi connectivity index (χ4n) is 1.73. The van der Waals surface area contributed by atoms with E-state index in [4.69, 9.17) is 5.11 Å². The summed E-state index contributed by atoms with van der Waals surface area (Å²) in [6.45, 7) is -0.438. The highest BCUT2D eigenvalue weighted by Gasteiger charge is 2.68. The first-order valence-electron chi connectivity index (χ1n) is 4.21. The Balaban J connectivity index is 2.22. The van der Waals surface area contributed by atoms with Gasteiger partial charge in [-0.25, -0.2) is 8.78 Å². The molecule has 0 spiro atoms. The van der Waals surface area contributed by atoms with E-state index in [0.717, 1.165) is 0 Å². The molecule has 0 aliphatic heterocycles. The lowest BCUT2D eigenvalue weighted by atomic mass is 10.1. The number of aliphatic hydroxyl groups is 1. The maximum atomic E-state index is 13.0. The number of benzene rings is 1. The van der Waals surface area contributed by atoms with Gasteiger partial charge >= 0.3 is 0 Å². The molecule has 0 aromatic heterocycles. The van der Waals surface area contributed by atoms with Gasteiger partial charge < -0.3 is 5.11 Å². The van der Waals surface area contributed by atoms with Crippen molar-refractivity contribution in [3.63, 3.8) is 0 Å². The lowest BCUT2D eigenvalue weighted by Crippen LogP contribution is -1.97. The van der Waals surface area contributed by atoms with Gasteiger partial charge in [-0.3, -0.25) is 0 Å². The minimum absolute atomic E-state index is 0.438. The van der Waals surface area contributed by atoms with Gasteiger partial charge in [-0.05, 0) is 5.56 Å². The van der Waals surface area contributed by atoms with Crippen molar-refractivity contribution >= 4 is 0 Å². The molecule has 1 aromatic rings. The van der Waals surface area contributed by atoms with Gasteiger partial charge in [-0.2, -0.15) is 0 Å². The van der Waals surface area contributed by atoms with Crippen molar-refractivity contribution in [3.05, 3.63) is 35.9 Å². The molecule has 0 amide bonds. The Hall–Kier alpha value is -0.960. The molecule has 3 heteroatoms. The Morgan fingerprint density at radius 2 is 1.85 bits per heavy atom. The van der Waals surface area contributed by atoms with Gasteiger partial charge in [0, 0.05) is 0 Å². The van der Waals surface area contributed by atoms with Gasteiger partial charge in [0.05, 0.1) is 18.4 Å². The molecule has 1 aliphatic carbocycles. The number of aliphatic hydroxyl groups excluding tert-OH is 1. The van der Waals surface area contributed by atoms with Gasteiger partial charge in [0.25, 0.3) is 5.92 Å². The van der Waals surface area contributed by atoms with E-state index >= 15 is 0 Å². The zero-order valence-electron chi connectivity index (χ0n) is 6.95. The molecule has 0 unspecified atom stereocenters. The average molecular weight is 184 g/mol. The van der Waals surface area contributed by atoms with Crippen LogP contribution in [0.3, 0.4) is 0 Å². The van der Waals surface area contributed by atoms with Crippen LogP contribution in [-0.4, -0.2) is 17.6 Å². The summed E-state index contributed by atoms with van der Waals surface area (Å²) in [5, 5.41) is 8.69. The fourth-order valence-corrected chi connectivity index (χ4v) is 1.73. The zero-order chi connectivity index (χ0) is 9.47. The van der Waals surface area contributed by atoms with Crippen LogP contribution in [-0.2, 0) is 0 Å². The monoisotopic (exact) mass is 184 g/mol. The highest BCUT2D eigenvalue weighted by atomic mass is 19.3. The van der Waals surface area contributed by atoms with Crippen molar-refractivity contribution in [1.82, 2.24) is 0 Å². The van der Waals surface area contributed by atoms with Gasteiger partial charge in [-0.15, -0.1) is 0 Å². The van der Waals surface area contributed by atoms with Crippen molar-refractivity contribution in [2.24, 2.45) is 5.92 Å². The molecule has 2 rings (SSSR count).